The lowest BCUT2D eigenvalue weighted by atomic mass is 9.90. The summed E-state index contributed by atoms with van der Waals surface area (Å²) >= 11 is 0. The number of benzene rings is 2. The first-order chi connectivity index (χ1) is 9.10. The largest absolute Gasteiger partial charge is 0.303 e. The van der Waals surface area contributed by atoms with Gasteiger partial charge < -0.3 is 4.79 Å². The molecule has 0 heterocycles. The van der Waals surface area contributed by atoms with Gasteiger partial charge in [-0.25, -0.2) is 0 Å². The van der Waals surface area contributed by atoms with Gasteiger partial charge in [0.1, 0.15) is 6.29 Å². The van der Waals surface area contributed by atoms with Crippen molar-refractivity contribution in [2.45, 2.75) is 33.1 Å². The van der Waals surface area contributed by atoms with Crippen molar-refractivity contribution in [2.24, 2.45) is 0 Å². The van der Waals surface area contributed by atoms with E-state index >= 15 is 0 Å². The summed E-state index contributed by atoms with van der Waals surface area (Å²) in [6.45, 7) is 6.26. The number of rotatable bonds is 4. The number of hydrogen-bond donors (Lipinski definition) is 0. The second kappa shape index (κ2) is 5.83. The van der Waals surface area contributed by atoms with Crippen LogP contribution in [-0.2, 0) is 11.2 Å². The van der Waals surface area contributed by atoms with Gasteiger partial charge in [0.15, 0.2) is 0 Å². The van der Waals surface area contributed by atoms with Crippen LogP contribution in [0.25, 0.3) is 0 Å². The maximum absolute atomic E-state index is 11.4. The van der Waals surface area contributed by atoms with E-state index in [1.165, 1.54) is 22.3 Å². The Labute approximate surface area is 115 Å². The third kappa shape index (κ3) is 3.31. The molecule has 0 N–H and O–H groups in total. The van der Waals surface area contributed by atoms with E-state index in [4.69, 9.17) is 0 Å². The first kappa shape index (κ1) is 13.5. The van der Waals surface area contributed by atoms with Gasteiger partial charge in [0.25, 0.3) is 0 Å². The SMILES string of the molecule is Cc1ccc(C(C=O)Cc2ccc(C)cc2C)cc1. The number of hydrogen-bond acceptors (Lipinski definition) is 1. The van der Waals surface area contributed by atoms with Crippen molar-refractivity contribution in [2.75, 3.05) is 0 Å². The molecule has 0 aliphatic rings. The Morgan fingerprint density at radius 2 is 1.58 bits per heavy atom. The first-order valence-corrected chi connectivity index (χ1v) is 6.68. The third-order valence-corrected chi connectivity index (χ3v) is 3.61. The predicted octanol–water partition coefficient (Wildman–Crippen LogP) is 4.14. The Hall–Kier alpha value is -1.89. The van der Waals surface area contributed by atoms with Crippen molar-refractivity contribution in [3.05, 3.63) is 70.3 Å². The maximum atomic E-state index is 11.4. The zero-order valence-corrected chi connectivity index (χ0v) is 11.8. The molecule has 1 atom stereocenters. The van der Waals surface area contributed by atoms with E-state index in [0.717, 1.165) is 18.3 Å². The van der Waals surface area contributed by atoms with Gasteiger partial charge in [0.2, 0.25) is 0 Å². The van der Waals surface area contributed by atoms with Crippen LogP contribution in [0.3, 0.4) is 0 Å². The molecule has 2 rings (SSSR count). The molecule has 0 radical (unpaired) electrons. The average Bonchev–Trinajstić information content (AvgIpc) is 2.39. The van der Waals surface area contributed by atoms with Crippen LogP contribution < -0.4 is 0 Å². The van der Waals surface area contributed by atoms with Crippen molar-refractivity contribution in [3.8, 4) is 0 Å². The summed E-state index contributed by atoms with van der Waals surface area (Å²) in [7, 11) is 0. The van der Waals surface area contributed by atoms with Gasteiger partial charge in [0, 0.05) is 5.92 Å². The summed E-state index contributed by atoms with van der Waals surface area (Å²) in [6, 6.07) is 14.7. The molecule has 98 valence electrons. The van der Waals surface area contributed by atoms with Gasteiger partial charge in [-0.3, -0.25) is 0 Å². The molecule has 0 aliphatic carbocycles. The van der Waals surface area contributed by atoms with E-state index in [2.05, 4.69) is 63.2 Å². The Balaban J connectivity index is 2.23. The summed E-state index contributed by atoms with van der Waals surface area (Å²) < 4.78 is 0. The molecule has 1 heteroatoms. The summed E-state index contributed by atoms with van der Waals surface area (Å²) in [6.07, 6.45) is 1.84. The molecular weight excluding hydrogens is 232 g/mol. The van der Waals surface area contributed by atoms with E-state index in [-0.39, 0.29) is 5.92 Å². The van der Waals surface area contributed by atoms with Gasteiger partial charge in [-0.2, -0.15) is 0 Å². The van der Waals surface area contributed by atoms with Crippen molar-refractivity contribution >= 4 is 6.29 Å². The van der Waals surface area contributed by atoms with E-state index in [0.29, 0.717) is 0 Å². The molecule has 0 fully saturated rings. The zero-order valence-electron chi connectivity index (χ0n) is 11.8. The molecule has 2 aromatic carbocycles. The minimum absolute atomic E-state index is 0.0537. The molecule has 0 bridgehead atoms. The Kier molecular flexibility index (Phi) is 4.16. The maximum Gasteiger partial charge on any atom is 0.127 e. The van der Waals surface area contributed by atoms with Gasteiger partial charge in [-0.05, 0) is 43.9 Å². The quantitative estimate of drug-likeness (QED) is 0.747. The van der Waals surface area contributed by atoms with E-state index in [1.807, 2.05) is 0 Å². The van der Waals surface area contributed by atoms with Gasteiger partial charge in [-0.1, -0.05) is 53.6 Å². The third-order valence-electron chi connectivity index (χ3n) is 3.61. The number of aryl methyl sites for hydroxylation is 3. The molecular formula is C18H20O. The highest BCUT2D eigenvalue weighted by molar-refractivity contribution is 5.63. The van der Waals surface area contributed by atoms with E-state index in [9.17, 15) is 4.79 Å². The fourth-order valence-corrected chi connectivity index (χ4v) is 2.37. The second-order valence-electron chi connectivity index (χ2n) is 5.29. The lowest BCUT2D eigenvalue weighted by Gasteiger charge is -2.13. The second-order valence-corrected chi connectivity index (χ2v) is 5.29. The van der Waals surface area contributed by atoms with Crippen LogP contribution in [-0.4, -0.2) is 6.29 Å². The molecule has 2 aromatic rings. The zero-order chi connectivity index (χ0) is 13.8. The molecule has 0 saturated carbocycles. The lowest BCUT2D eigenvalue weighted by molar-refractivity contribution is -0.109. The molecule has 0 aromatic heterocycles. The fourth-order valence-electron chi connectivity index (χ4n) is 2.37. The van der Waals surface area contributed by atoms with Crippen LogP contribution in [0.15, 0.2) is 42.5 Å². The first-order valence-electron chi connectivity index (χ1n) is 6.68. The van der Waals surface area contributed by atoms with E-state index in [1.54, 1.807) is 0 Å². The molecule has 0 spiro atoms. The topological polar surface area (TPSA) is 17.1 Å². The highest BCUT2D eigenvalue weighted by atomic mass is 16.1. The van der Waals surface area contributed by atoms with Crippen LogP contribution in [0.4, 0.5) is 0 Å². The molecule has 0 saturated heterocycles. The van der Waals surface area contributed by atoms with Crippen molar-refractivity contribution in [1.82, 2.24) is 0 Å². The van der Waals surface area contributed by atoms with Crippen LogP contribution >= 0.6 is 0 Å². The number of carbonyl (C=O) groups is 1. The summed E-state index contributed by atoms with van der Waals surface area (Å²) in [5, 5.41) is 0. The van der Waals surface area contributed by atoms with Gasteiger partial charge in [-0.15, -0.1) is 0 Å². The average molecular weight is 252 g/mol. The standard InChI is InChI=1S/C18H20O/c1-13-4-7-16(8-5-13)18(12-19)11-17-9-6-14(2)10-15(17)3/h4-10,12,18H,11H2,1-3H3. The molecule has 1 nitrogen and oxygen atoms in total. The monoisotopic (exact) mass is 252 g/mol. The van der Waals surface area contributed by atoms with Crippen molar-refractivity contribution < 1.29 is 4.79 Å². The fraction of sp³-hybridized carbons (Fsp3) is 0.278. The van der Waals surface area contributed by atoms with Crippen molar-refractivity contribution in [1.29, 1.82) is 0 Å². The smallest absolute Gasteiger partial charge is 0.127 e. The van der Waals surface area contributed by atoms with Crippen LogP contribution in [0.5, 0.6) is 0 Å². The van der Waals surface area contributed by atoms with E-state index < -0.39 is 0 Å². The lowest BCUT2D eigenvalue weighted by Crippen LogP contribution is -2.05. The molecule has 0 amide bonds. The minimum Gasteiger partial charge on any atom is -0.303 e. The number of carbonyl (C=O) groups excluding carboxylic acids is 1. The summed E-state index contributed by atoms with van der Waals surface area (Å²) in [5.74, 6) is -0.0537. The number of aldehydes is 1. The van der Waals surface area contributed by atoms with Crippen LogP contribution in [0, 0.1) is 20.8 Å². The normalized spacial score (nSPS) is 12.2. The Morgan fingerprint density at radius 3 is 2.16 bits per heavy atom. The Bertz CT molecular complexity index is 567. The van der Waals surface area contributed by atoms with Crippen LogP contribution in [0.1, 0.15) is 33.7 Å². The molecule has 1 unspecified atom stereocenters. The van der Waals surface area contributed by atoms with Crippen LogP contribution in [0.2, 0.25) is 0 Å². The summed E-state index contributed by atoms with van der Waals surface area (Å²) in [5.41, 5.74) is 6.10. The minimum atomic E-state index is -0.0537. The Morgan fingerprint density at radius 1 is 0.947 bits per heavy atom. The summed E-state index contributed by atoms with van der Waals surface area (Å²) in [4.78, 5) is 11.4. The highest BCUT2D eigenvalue weighted by Crippen LogP contribution is 2.22. The highest BCUT2D eigenvalue weighted by Gasteiger charge is 2.12. The van der Waals surface area contributed by atoms with Gasteiger partial charge >= 0.3 is 0 Å². The van der Waals surface area contributed by atoms with Crippen molar-refractivity contribution in [3.63, 3.8) is 0 Å². The predicted molar refractivity (Wildman–Crippen MR) is 79.6 cm³/mol. The van der Waals surface area contributed by atoms with Gasteiger partial charge in [0.05, 0.1) is 0 Å². The molecule has 19 heavy (non-hydrogen) atoms. The molecule has 0 aliphatic heterocycles.